The SMILES string of the molecule is CC(CN)Nc1ccc(-c2ccc(OC[C@H](O/N=C(\C(=O)N[C@@H]3C(=O)N(OS(=O)(=O)[O-])C3(C)C)c3csc(N)n3)C(=O)O)cc2)c[n+]1C. The van der Waals surface area contributed by atoms with Gasteiger partial charge in [-0.3, -0.25) is 14.9 Å². The first-order valence-electron chi connectivity index (χ1n) is 14.2. The number of carbonyl (C=O) groups is 3. The number of benzene rings is 1. The van der Waals surface area contributed by atoms with Gasteiger partial charge in [0.05, 0.1) is 18.8 Å². The first-order valence-corrected chi connectivity index (χ1v) is 16.4. The molecule has 0 spiro atoms. The average molecular weight is 707 g/mol. The zero-order chi connectivity index (χ0) is 35.4. The fourth-order valence-electron chi connectivity index (χ4n) is 4.44. The minimum absolute atomic E-state index is 0.0508. The smallest absolute Gasteiger partial charge is 0.351 e. The summed E-state index contributed by atoms with van der Waals surface area (Å²) in [6.45, 7) is 4.63. The molecule has 48 heavy (non-hydrogen) atoms. The van der Waals surface area contributed by atoms with Gasteiger partial charge in [-0.25, -0.2) is 22.8 Å². The highest BCUT2D eigenvalue weighted by molar-refractivity contribution is 7.80. The number of nitrogens with two attached hydrogens (primary N) is 2. The van der Waals surface area contributed by atoms with Crippen LogP contribution in [0.15, 0.2) is 53.1 Å². The minimum atomic E-state index is -5.27. The van der Waals surface area contributed by atoms with Crippen LogP contribution in [0.4, 0.5) is 10.9 Å². The Morgan fingerprint density at radius 1 is 1.23 bits per heavy atom. The summed E-state index contributed by atoms with van der Waals surface area (Å²) in [4.78, 5) is 46.8. The number of carbonyl (C=O) groups excluding carboxylic acids is 2. The maximum absolute atomic E-state index is 13.2. The highest BCUT2D eigenvalue weighted by atomic mass is 32.3. The first kappa shape index (κ1) is 36.0. The fraction of sp³-hybridized carbons (Fsp3) is 0.357. The summed E-state index contributed by atoms with van der Waals surface area (Å²) >= 11 is 0.951. The van der Waals surface area contributed by atoms with Crippen LogP contribution in [0.5, 0.6) is 5.75 Å². The third-order valence-electron chi connectivity index (χ3n) is 7.11. The number of ether oxygens (including phenoxy) is 1. The van der Waals surface area contributed by atoms with Gasteiger partial charge in [-0.2, -0.15) is 9.35 Å². The number of amides is 2. The topological polar surface area (TPSA) is 265 Å². The van der Waals surface area contributed by atoms with Gasteiger partial charge in [-0.05, 0) is 44.5 Å². The third kappa shape index (κ3) is 8.52. The first-order chi connectivity index (χ1) is 22.5. The number of anilines is 2. The predicted molar refractivity (Wildman–Crippen MR) is 170 cm³/mol. The van der Waals surface area contributed by atoms with E-state index in [2.05, 4.69) is 25.1 Å². The van der Waals surface area contributed by atoms with Crippen LogP contribution in [0.1, 0.15) is 26.5 Å². The Hall–Kier alpha value is -4.89. The molecule has 0 radical (unpaired) electrons. The van der Waals surface area contributed by atoms with E-state index in [1.165, 1.54) is 19.2 Å². The van der Waals surface area contributed by atoms with Crippen molar-refractivity contribution in [1.82, 2.24) is 15.4 Å². The number of rotatable bonds is 15. The molecule has 3 aromatic rings. The van der Waals surface area contributed by atoms with E-state index in [1.807, 2.05) is 36.9 Å². The van der Waals surface area contributed by atoms with Crippen molar-refractivity contribution in [2.75, 3.05) is 24.2 Å². The number of carboxylic acids is 1. The fourth-order valence-corrected chi connectivity index (χ4v) is 5.43. The molecule has 4 rings (SSSR count). The van der Waals surface area contributed by atoms with Gasteiger partial charge in [0.25, 0.3) is 23.7 Å². The summed E-state index contributed by atoms with van der Waals surface area (Å²) in [5.41, 5.74) is 11.1. The lowest BCUT2D eigenvalue weighted by Gasteiger charge is -2.51. The quantitative estimate of drug-likeness (QED) is 0.0340. The molecule has 2 aromatic heterocycles. The van der Waals surface area contributed by atoms with Crippen LogP contribution >= 0.6 is 11.3 Å². The van der Waals surface area contributed by atoms with Crippen LogP contribution in [0.25, 0.3) is 11.1 Å². The summed E-state index contributed by atoms with van der Waals surface area (Å²) < 4.78 is 44.7. The van der Waals surface area contributed by atoms with Crippen molar-refractivity contribution in [3.05, 3.63) is 53.7 Å². The molecule has 0 saturated carbocycles. The van der Waals surface area contributed by atoms with E-state index in [9.17, 15) is 32.5 Å². The number of oxime groups is 1. The van der Waals surface area contributed by atoms with Gasteiger partial charge in [-0.1, -0.05) is 17.3 Å². The Morgan fingerprint density at radius 2 is 1.90 bits per heavy atom. The van der Waals surface area contributed by atoms with E-state index >= 15 is 0 Å². The van der Waals surface area contributed by atoms with Crippen LogP contribution < -0.4 is 31.4 Å². The highest BCUT2D eigenvalue weighted by Gasteiger charge is 2.57. The standard InChI is InChI=1S/C28H34N8O10S2/c1-15(11-29)31-21-10-7-17(12-35(21)4)16-5-8-18(9-6-16)44-13-20(26(39)40)45-34-22(19-14-47-27(30)32-19)24(37)33-23-25(38)36(28(23,2)3)46-48(41,42)43/h5-10,12,14-15,20,23H,11,13,29H2,1-4H3,(H5,30,32,33,37,39,40,41,42,43)/b34-22-/t15?,20-,23+/m0/s1. The van der Waals surface area contributed by atoms with Crippen molar-refractivity contribution in [2.45, 2.75) is 44.5 Å². The van der Waals surface area contributed by atoms with E-state index in [-0.39, 0.29) is 16.9 Å². The number of β-lactam (4-membered cyclic amide) rings is 1. The van der Waals surface area contributed by atoms with Crippen LogP contribution in [0, 0.1) is 0 Å². The van der Waals surface area contributed by atoms with E-state index in [1.54, 1.807) is 24.3 Å². The van der Waals surface area contributed by atoms with E-state index < -0.39 is 58.2 Å². The van der Waals surface area contributed by atoms with Crippen LogP contribution in [-0.4, -0.2) is 88.5 Å². The number of hydroxylamine groups is 2. The number of hydrogen-bond donors (Lipinski definition) is 5. The van der Waals surface area contributed by atoms with E-state index in [0.717, 1.165) is 28.3 Å². The highest BCUT2D eigenvalue weighted by Crippen LogP contribution is 2.33. The number of aromatic nitrogens is 2. The lowest BCUT2D eigenvalue weighted by molar-refractivity contribution is -0.656. The summed E-state index contributed by atoms with van der Waals surface area (Å²) in [5, 5.41) is 20.8. The molecule has 1 saturated heterocycles. The molecule has 20 heteroatoms. The van der Waals surface area contributed by atoms with Gasteiger partial charge >= 0.3 is 5.97 Å². The van der Waals surface area contributed by atoms with Gasteiger partial charge < -0.3 is 36.0 Å². The van der Waals surface area contributed by atoms with E-state index in [4.69, 9.17) is 21.0 Å². The molecule has 0 bridgehead atoms. The van der Waals surface area contributed by atoms with Gasteiger partial charge in [0.15, 0.2) is 10.8 Å². The van der Waals surface area contributed by atoms with Crippen molar-refractivity contribution in [3.63, 3.8) is 0 Å². The molecule has 3 heterocycles. The van der Waals surface area contributed by atoms with Crippen molar-refractivity contribution >= 4 is 56.2 Å². The number of nitrogens with one attached hydrogen (secondary N) is 2. The van der Waals surface area contributed by atoms with Gasteiger partial charge in [0.1, 0.15) is 30.1 Å². The van der Waals surface area contributed by atoms with Crippen LogP contribution in [-0.2, 0) is 41.0 Å². The molecule has 3 atom stereocenters. The Labute approximate surface area is 279 Å². The maximum Gasteiger partial charge on any atom is 0.351 e. The van der Waals surface area contributed by atoms with Gasteiger partial charge in [0, 0.05) is 23.6 Å². The molecule has 18 nitrogen and oxygen atoms in total. The monoisotopic (exact) mass is 706 g/mol. The second-order valence-electron chi connectivity index (χ2n) is 11.1. The normalized spacial score (nSPS) is 17.2. The second-order valence-corrected chi connectivity index (χ2v) is 13.0. The molecule has 1 aliphatic heterocycles. The zero-order valence-corrected chi connectivity index (χ0v) is 27.8. The Balaban J connectivity index is 1.44. The Kier molecular flexibility index (Phi) is 10.8. The summed E-state index contributed by atoms with van der Waals surface area (Å²) in [5.74, 6) is -2.30. The minimum Gasteiger partial charge on any atom is -0.724 e. The lowest BCUT2D eigenvalue weighted by Crippen LogP contribution is -2.76. The van der Waals surface area contributed by atoms with Gasteiger partial charge in [-0.15, -0.1) is 11.3 Å². The van der Waals surface area contributed by atoms with Crippen molar-refractivity contribution in [2.24, 2.45) is 17.9 Å². The molecule has 0 aliphatic carbocycles. The Morgan fingerprint density at radius 3 is 2.44 bits per heavy atom. The Bertz CT molecular complexity index is 1810. The summed E-state index contributed by atoms with van der Waals surface area (Å²) in [6.07, 6.45) is 0.256. The van der Waals surface area contributed by atoms with Crippen LogP contribution in [0.2, 0.25) is 0 Å². The number of aliphatic carboxylic acids is 1. The molecular weight excluding hydrogens is 672 g/mol. The summed E-state index contributed by atoms with van der Waals surface area (Å²) in [7, 11) is -3.36. The maximum atomic E-state index is 13.2. The number of nitrogen functional groups attached to an aromatic ring is 1. The average Bonchev–Trinajstić information content (AvgIpc) is 3.46. The molecule has 2 amide bonds. The number of thiazole rings is 1. The third-order valence-corrected chi connectivity index (χ3v) is 8.12. The number of hydrogen-bond acceptors (Lipinski definition) is 15. The lowest BCUT2D eigenvalue weighted by atomic mass is 9.84. The summed E-state index contributed by atoms with van der Waals surface area (Å²) in [6, 6.07) is 9.53. The number of carboxylic acid groups (broad SMARTS) is 1. The molecule has 258 valence electrons. The molecular formula is C28H34N8O10S2. The van der Waals surface area contributed by atoms with E-state index in [0.29, 0.717) is 17.4 Å². The number of aryl methyl sites for hydroxylation is 1. The molecule has 1 fully saturated rings. The predicted octanol–water partition coefficient (Wildman–Crippen LogP) is -0.274. The van der Waals surface area contributed by atoms with Crippen molar-refractivity contribution in [1.29, 1.82) is 0 Å². The largest absolute Gasteiger partial charge is 0.724 e. The van der Waals surface area contributed by atoms with Crippen molar-refractivity contribution < 1.29 is 50.9 Å². The van der Waals surface area contributed by atoms with Crippen LogP contribution in [0.3, 0.4) is 0 Å². The zero-order valence-electron chi connectivity index (χ0n) is 26.1. The number of nitrogens with zero attached hydrogens (tertiary/aromatic N) is 4. The molecule has 1 aliphatic rings. The van der Waals surface area contributed by atoms with Gasteiger partial charge in [0.2, 0.25) is 10.4 Å². The molecule has 1 aromatic carbocycles. The second kappa shape index (κ2) is 14.5. The van der Waals surface area contributed by atoms with Crippen molar-refractivity contribution in [3.8, 4) is 16.9 Å². The molecule has 1 unspecified atom stereocenters. The molecule has 7 N–H and O–H groups in total. The number of pyridine rings is 1.